The van der Waals surface area contributed by atoms with Gasteiger partial charge >= 0.3 is 5.97 Å². The van der Waals surface area contributed by atoms with Crippen molar-refractivity contribution in [1.82, 2.24) is 4.90 Å². The molecule has 0 aromatic rings. The van der Waals surface area contributed by atoms with Gasteiger partial charge in [-0.15, -0.1) is 0 Å². The molecule has 1 amide bonds. The van der Waals surface area contributed by atoms with Gasteiger partial charge in [-0.3, -0.25) is 9.59 Å². The van der Waals surface area contributed by atoms with E-state index in [1.807, 2.05) is 18.7 Å². The molecule has 0 aromatic heterocycles. The molecule has 2 N–H and O–H groups in total. The molecule has 0 heterocycles. The Morgan fingerprint density at radius 1 is 1.26 bits per heavy atom. The number of nitrogens with two attached hydrogens (primary N) is 1. The van der Waals surface area contributed by atoms with Gasteiger partial charge in [-0.1, -0.05) is 0 Å². The molecule has 1 atom stereocenters. The van der Waals surface area contributed by atoms with Crippen LogP contribution in [0.4, 0.5) is 0 Å². The molecule has 0 radical (unpaired) electrons. The zero-order valence-electron chi connectivity index (χ0n) is 12.2. The summed E-state index contributed by atoms with van der Waals surface area (Å²) in [6, 6.07) is -0.566. The van der Waals surface area contributed by atoms with Crippen LogP contribution in [0.1, 0.15) is 33.6 Å². The lowest BCUT2D eigenvalue weighted by Gasteiger charge is -2.18. The smallest absolute Gasteiger partial charge is 0.323 e. The van der Waals surface area contributed by atoms with Crippen LogP contribution >= 0.6 is 11.8 Å². The third-order valence-electron chi connectivity index (χ3n) is 2.68. The fraction of sp³-hybridized carbons (Fsp3) is 0.846. The van der Waals surface area contributed by atoms with Crippen LogP contribution in [0.25, 0.3) is 0 Å². The first kappa shape index (κ1) is 18.2. The van der Waals surface area contributed by atoms with Crippen molar-refractivity contribution in [2.24, 2.45) is 5.73 Å². The lowest BCUT2D eigenvalue weighted by Crippen LogP contribution is -2.34. The van der Waals surface area contributed by atoms with Crippen LogP contribution in [0.15, 0.2) is 0 Å². The van der Waals surface area contributed by atoms with Crippen molar-refractivity contribution < 1.29 is 14.3 Å². The number of thioether (sulfide) groups is 1. The molecule has 112 valence electrons. The Morgan fingerprint density at radius 3 is 2.42 bits per heavy atom. The maximum Gasteiger partial charge on any atom is 0.323 e. The van der Waals surface area contributed by atoms with Crippen molar-refractivity contribution in [3.8, 4) is 0 Å². The van der Waals surface area contributed by atoms with Gasteiger partial charge in [0.25, 0.3) is 0 Å². The summed E-state index contributed by atoms with van der Waals surface area (Å²) in [4.78, 5) is 24.8. The molecule has 0 aromatic carbocycles. The lowest BCUT2D eigenvalue weighted by molar-refractivity contribution is -0.144. The van der Waals surface area contributed by atoms with Gasteiger partial charge in [0.15, 0.2) is 0 Å². The number of esters is 1. The number of ether oxygens (including phenoxy) is 1. The summed E-state index contributed by atoms with van der Waals surface area (Å²) in [5.74, 6) is 1.22. The van der Waals surface area contributed by atoms with Crippen molar-refractivity contribution in [1.29, 1.82) is 0 Å². The largest absolute Gasteiger partial charge is 0.465 e. The van der Waals surface area contributed by atoms with E-state index in [1.54, 1.807) is 18.7 Å². The second kappa shape index (κ2) is 11.1. The van der Waals surface area contributed by atoms with Crippen LogP contribution in [0.5, 0.6) is 0 Å². The van der Waals surface area contributed by atoms with Crippen molar-refractivity contribution in [2.75, 3.05) is 31.2 Å². The zero-order valence-corrected chi connectivity index (χ0v) is 13.0. The first-order valence-electron chi connectivity index (χ1n) is 6.84. The minimum atomic E-state index is -0.566. The topological polar surface area (TPSA) is 72.6 Å². The number of hydrogen-bond acceptors (Lipinski definition) is 5. The first-order chi connectivity index (χ1) is 9.06. The standard InChI is InChI=1S/C13H26N2O3S/c1-4-15(5-2)12(16)8-7-9-19-10-11(14)13(17)18-6-3/h11H,4-10,14H2,1-3H3. The predicted molar refractivity (Wildman–Crippen MR) is 79.1 cm³/mol. The maximum absolute atomic E-state index is 11.7. The van der Waals surface area contributed by atoms with E-state index >= 15 is 0 Å². The van der Waals surface area contributed by atoms with E-state index in [0.29, 0.717) is 18.8 Å². The normalized spacial score (nSPS) is 12.0. The fourth-order valence-electron chi connectivity index (χ4n) is 1.59. The molecule has 0 aliphatic heterocycles. The van der Waals surface area contributed by atoms with E-state index in [4.69, 9.17) is 10.5 Å². The minimum Gasteiger partial charge on any atom is -0.465 e. The average molecular weight is 290 g/mol. The number of nitrogens with zero attached hydrogens (tertiary/aromatic N) is 1. The third kappa shape index (κ3) is 8.10. The highest BCUT2D eigenvalue weighted by molar-refractivity contribution is 7.99. The summed E-state index contributed by atoms with van der Waals surface area (Å²) in [6.07, 6.45) is 1.37. The Labute approximate surface area is 120 Å². The van der Waals surface area contributed by atoms with Crippen LogP contribution in [-0.2, 0) is 14.3 Å². The van der Waals surface area contributed by atoms with Crippen molar-refractivity contribution >= 4 is 23.6 Å². The zero-order chi connectivity index (χ0) is 14.7. The fourth-order valence-corrected chi connectivity index (χ4v) is 2.49. The number of rotatable bonds is 10. The molecule has 0 spiro atoms. The Kier molecular flexibility index (Phi) is 10.7. The van der Waals surface area contributed by atoms with Crippen LogP contribution in [0, 0.1) is 0 Å². The summed E-state index contributed by atoms with van der Waals surface area (Å²) in [6.45, 7) is 7.60. The molecule has 0 saturated carbocycles. The molecular weight excluding hydrogens is 264 g/mol. The summed E-state index contributed by atoms with van der Waals surface area (Å²) in [5.41, 5.74) is 5.67. The number of amides is 1. The number of hydrogen-bond donors (Lipinski definition) is 1. The maximum atomic E-state index is 11.7. The van der Waals surface area contributed by atoms with Gasteiger partial charge in [-0.05, 0) is 32.9 Å². The molecule has 0 aliphatic rings. The summed E-state index contributed by atoms with van der Waals surface area (Å²) < 4.78 is 4.82. The highest BCUT2D eigenvalue weighted by Gasteiger charge is 2.14. The molecule has 1 unspecified atom stereocenters. The molecule has 6 heteroatoms. The van der Waals surface area contributed by atoms with E-state index < -0.39 is 6.04 Å². The predicted octanol–water partition coefficient (Wildman–Crippen LogP) is 1.26. The van der Waals surface area contributed by atoms with E-state index in [-0.39, 0.29) is 11.9 Å². The van der Waals surface area contributed by atoms with Crippen LogP contribution in [-0.4, -0.2) is 54.0 Å². The van der Waals surface area contributed by atoms with Crippen LogP contribution in [0.3, 0.4) is 0 Å². The Balaban J connectivity index is 3.65. The molecular formula is C13H26N2O3S. The highest BCUT2D eigenvalue weighted by atomic mass is 32.2. The minimum absolute atomic E-state index is 0.195. The summed E-state index contributed by atoms with van der Waals surface area (Å²) in [7, 11) is 0. The van der Waals surface area contributed by atoms with E-state index in [1.165, 1.54) is 0 Å². The molecule has 19 heavy (non-hydrogen) atoms. The van der Waals surface area contributed by atoms with Gasteiger partial charge in [0, 0.05) is 25.3 Å². The van der Waals surface area contributed by atoms with Gasteiger partial charge in [-0.25, -0.2) is 0 Å². The summed E-state index contributed by atoms with van der Waals surface area (Å²) in [5, 5.41) is 0. The molecule has 0 aliphatic carbocycles. The number of carbonyl (C=O) groups excluding carboxylic acids is 2. The highest BCUT2D eigenvalue weighted by Crippen LogP contribution is 2.08. The molecule has 0 rings (SSSR count). The van der Waals surface area contributed by atoms with Gasteiger partial charge in [-0.2, -0.15) is 11.8 Å². The molecule has 0 fully saturated rings. The second-order valence-corrected chi connectivity index (χ2v) is 5.25. The second-order valence-electron chi connectivity index (χ2n) is 4.10. The first-order valence-corrected chi connectivity index (χ1v) is 7.99. The Morgan fingerprint density at radius 2 is 1.89 bits per heavy atom. The monoisotopic (exact) mass is 290 g/mol. The molecule has 0 saturated heterocycles. The molecule has 5 nitrogen and oxygen atoms in total. The van der Waals surface area contributed by atoms with Crippen molar-refractivity contribution in [3.63, 3.8) is 0 Å². The van der Waals surface area contributed by atoms with Crippen LogP contribution in [0.2, 0.25) is 0 Å². The third-order valence-corrected chi connectivity index (χ3v) is 3.85. The van der Waals surface area contributed by atoms with E-state index in [0.717, 1.165) is 25.3 Å². The van der Waals surface area contributed by atoms with E-state index in [9.17, 15) is 9.59 Å². The van der Waals surface area contributed by atoms with Crippen molar-refractivity contribution in [2.45, 2.75) is 39.7 Å². The van der Waals surface area contributed by atoms with Gasteiger partial charge < -0.3 is 15.4 Å². The van der Waals surface area contributed by atoms with Gasteiger partial charge in [0.2, 0.25) is 5.91 Å². The van der Waals surface area contributed by atoms with Crippen molar-refractivity contribution in [3.05, 3.63) is 0 Å². The van der Waals surface area contributed by atoms with Gasteiger partial charge in [0.05, 0.1) is 6.61 Å². The van der Waals surface area contributed by atoms with Crippen LogP contribution < -0.4 is 5.73 Å². The Hall–Kier alpha value is -0.750. The SMILES string of the molecule is CCOC(=O)C(N)CSCCCC(=O)N(CC)CC. The molecule has 0 bridgehead atoms. The lowest BCUT2D eigenvalue weighted by atomic mass is 10.3. The van der Waals surface area contributed by atoms with Gasteiger partial charge in [0.1, 0.15) is 6.04 Å². The number of carbonyl (C=O) groups is 2. The Bertz CT molecular complexity index is 271. The van der Waals surface area contributed by atoms with E-state index in [2.05, 4.69) is 0 Å². The summed E-state index contributed by atoms with van der Waals surface area (Å²) >= 11 is 1.59. The quantitative estimate of drug-likeness (QED) is 0.484. The average Bonchev–Trinajstić information content (AvgIpc) is 2.39.